The summed E-state index contributed by atoms with van der Waals surface area (Å²) in [5.74, 6) is -1.56. The lowest BCUT2D eigenvalue weighted by Crippen LogP contribution is -2.46. The topological polar surface area (TPSA) is 55.1 Å². The van der Waals surface area contributed by atoms with E-state index < -0.39 is 23.2 Å². The molecule has 1 aliphatic carbocycles. The van der Waals surface area contributed by atoms with Crippen molar-refractivity contribution < 1.29 is 13.6 Å². The molecule has 1 aliphatic rings. The van der Waals surface area contributed by atoms with Gasteiger partial charge in [-0.1, -0.05) is 25.3 Å². The van der Waals surface area contributed by atoms with Crippen molar-refractivity contribution in [1.82, 2.24) is 5.32 Å². The van der Waals surface area contributed by atoms with Crippen LogP contribution in [0.25, 0.3) is 0 Å². The number of hydrogen-bond donors (Lipinski definition) is 2. The average molecular weight is 296 g/mol. The molecule has 1 saturated carbocycles. The summed E-state index contributed by atoms with van der Waals surface area (Å²) < 4.78 is 27.3. The van der Waals surface area contributed by atoms with Crippen molar-refractivity contribution >= 4 is 5.91 Å². The van der Waals surface area contributed by atoms with E-state index in [1.807, 2.05) is 0 Å². The predicted octanol–water partition coefficient (Wildman–Crippen LogP) is 3.19. The van der Waals surface area contributed by atoms with E-state index in [0.29, 0.717) is 0 Å². The predicted molar refractivity (Wildman–Crippen MR) is 77.5 cm³/mol. The first kappa shape index (κ1) is 15.9. The van der Waals surface area contributed by atoms with Crippen molar-refractivity contribution in [2.24, 2.45) is 5.73 Å². The van der Waals surface area contributed by atoms with Crippen molar-refractivity contribution in [2.75, 3.05) is 0 Å². The maximum atomic E-state index is 13.7. The summed E-state index contributed by atoms with van der Waals surface area (Å²) >= 11 is 0. The summed E-state index contributed by atoms with van der Waals surface area (Å²) in [7, 11) is 0. The van der Waals surface area contributed by atoms with Gasteiger partial charge in [-0.25, -0.2) is 8.78 Å². The monoisotopic (exact) mass is 296 g/mol. The fraction of sp³-hybridized carbons (Fsp3) is 0.562. The molecule has 0 radical (unpaired) electrons. The van der Waals surface area contributed by atoms with Gasteiger partial charge in [0.15, 0.2) is 0 Å². The van der Waals surface area contributed by atoms with Crippen molar-refractivity contribution in [2.45, 2.75) is 57.0 Å². The smallest absolute Gasteiger partial charge is 0.222 e. The van der Waals surface area contributed by atoms with E-state index in [1.165, 1.54) is 18.2 Å². The Morgan fingerprint density at radius 3 is 2.43 bits per heavy atom. The van der Waals surface area contributed by atoms with Gasteiger partial charge in [0, 0.05) is 17.5 Å². The summed E-state index contributed by atoms with van der Waals surface area (Å²) in [6, 6.07) is 2.96. The molecule has 1 aromatic rings. The van der Waals surface area contributed by atoms with Crippen LogP contribution in [0.5, 0.6) is 0 Å². The van der Waals surface area contributed by atoms with Crippen LogP contribution in [0.4, 0.5) is 8.78 Å². The highest BCUT2D eigenvalue weighted by molar-refractivity contribution is 5.77. The van der Waals surface area contributed by atoms with Crippen LogP contribution < -0.4 is 11.1 Å². The van der Waals surface area contributed by atoms with E-state index in [1.54, 1.807) is 6.92 Å². The lowest BCUT2D eigenvalue weighted by Gasteiger charge is -2.33. The quantitative estimate of drug-likeness (QED) is 0.896. The molecule has 1 unspecified atom stereocenters. The summed E-state index contributed by atoms with van der Waals surface area (Å²) in [6.45, 7) is 1.57. The summed E-state index contributed by atoms with van der Waals surface area (Å²) in [4.78, 5) is 12.1. The Labute approximate surface area is 123 Å². The number of hydrogen-bond acceptors (Lipinski definition) is 2. The van der Waals surface area contributed by atoms with Crippen molar-refractivity contribution in [3.63, 3.8) is 0 Å². The number of carbonyl (C=O) groups excluding carboxylic acids is 1. The van der Waals surface area contributed by atoms with Crippen molar-refractivity contribution in [3.8, 4) is 0 Å². The third-order valence-corrected chi connectivity index (χ3v) is 4.17. The number of nitrogens with two attached hydrogens (primary N) is 1. The van der Waals surface area contributed by atoms with E-state index in [4.69, 9.17) is 5.73 Å². The average Bonchev–Trinajstić information content (AvgIpc) is 2.38. The lowest BCUT2D eigenvalue weighted by molar-refractivity contribution is -0.123. The van der Waals surface area contributed by atoms with Gasteiger partial charge in [-0.3, -0.25) is 4.79 Å². The molecule has 0 aromatic heterocycles. The van der Waals surface area contributed by atoms with Crippen LogP contribution in [0.15, 0.2) is 18.2 Å². The summed E-state index contributed by atoms with van der Waals surface area (Å²) in [5, 5.41) is 2.65. The molecule has 3 N–H and O–H groups in total. The third kappa shape index (κ3) is 4.00. The SMILES string of the molecule is CC(NC(=O)CC1(N)CCCCC1)c1c(F)cccc1F. The van der Waals surface area contributed by atoms with Gasteiger partial charge in [0.2, 0.25) is 5.91 Å². The molecule has 3 nitrogen and oxygen atoms in total. The third-order valence-electron chi connectivity index (χ3n) is 4.17. The number of halogens is 2. The first-order valence-corrected chi connectivity index (χ1v) is 7.43. The maximum Gasteiger partial charge on any atom is 0.222 e. The van der Waals surface area contributed by atoms with Crippen LogP contribution >= 0.6 is 0 Å². The van der Waals surface area contributed by atoms with Gasteiger partial charge in [-0.2, -0.15) is 0 Å². The normalized spacial score (nSPS) is 19.0. The zero-order chi connectivity index (χ0) is 15.5. The van der Waals surface area contributed by atoms with Gasteiger partial charge in [0.05, 0.1) is 6.04 Å². The minimum atomic E-state index is -0.717. The van der Waals surface area contributed by atoms with Gasteiger partial charge < -0.3 is 11.1 Å². The van der Waals surface area contributed by atoms with Crippen LogP contribution in [0.1, 0.15) is 57.1 Å². The number of amides is 1. The zero-order valence-corrected chi connectivity index (χ0v) is 12.3. The first-order chi connectivity index (χ1) is 9.91. The minimum Gasteiger partial charge on any atom is -0.349 e. The van der Waals surface area contributed by atoms with Crippen LogP contribution in [0.3, 0.4) is 0 Å². The molecule has 2 rings (SSSR count). The number of benzene rings is 1. The van der Waals surface area contributed by atoms with Crippen LogP contribution in [0.2, 0.25) is 0 Å². The largest absolute Gasteiger partial charge is 0.349 e. The minimum absolute atomic E-state index is 0.111. The standard InChI is InChI=1S/C16H22F2N2O/c1-11(15-12(17)6-5-7-13(15)18)20-14(21)10-16(19)8-3-2-4-9-16/h5-7,11H,2-4,8-10,19H2,1H3,(H,20,21). The Morgan fingerprint density at radius 1 is 1.29 bits per heavy atom. The molecule has 116 valence electrons. The molecule has 5 heteroatoms. The summed E-state index contributed by atoms with van der Waals surface area (Å²) in [6.07, 6.45) is 5.05. The van der Waals surface area contributed by atoms with Gasteiger partial charge >= 0.3 is 0 Å². The van der Waals surface area contributed by atoms with E-state index >= 15 is 0 Å². The second kappa shape index (κ2) is 6.52. The number of rotatable bonds is 4. The highest BCUT2D eigenvalue weighted by Crippen LogP contribution is 2.29. The Kier molecular flexibility index (Phi) is 4.93. The fourth-order valence-electron chi connectivity index (χ4n) is 3.04. The molecule has 1 atom stereocenters. The van der Waals surface area contributed by atoms with Gasteiger partial charge in [0.25, 0.3) is 0 Å². The molecule has 0 saturated heterocycles. The highest BCUT2D eigenvalue weighted by Gasteiger charge is 2.30. The molecule has 0 bridgehead atoms. The number of nitrogens with one attached hydrogen (secondary N) is 1. The Bertz CT molecular complexity index is 493. The highest BCUT2D eigenvalue weighted by atomic mass is 19.1. The van der Waals surface area contributed by atoms with Crippen molar-refractivity contribution in [1.29, 1.82) is 0 Å². The van der Waals surface area contributed by atoms with E-state index in [2.05, 4.69) is 5.32 Å². The number of carbonyl (C=O) groups is 1. The molecular weight excluding hydrogens is 274 g/mol. The van der Waals surface area contributed by atoms with Crippen LogP contribution in [0, 0.1) is 11.6 Å². The molecule has 0 heterocycles. The second-order valence-corrected chi connectivity index (χ2v) is 6.02. The van der Waals surface area contributed by atoms with Crippen LogP contribution in [-0.2, 0) is 4.79 Å². The lowest BCUT2D eigenvalue weighted by atomic mass is 9.80. The molecule has 1 amide bonds. The van der Waals surface area contributed by atoms with Crippen molar-refractivity contribution in [3.05, 3.63) is 35.4 Å². The Morgan fingerprint density at radius 2 is 1.86 bits per heavy atom. The Balaban J connectivity index is 1.99. The molecule has 21 heavy (non-hydrogen) atoms. The molecule has 1 fully saturated rings. The molecule has 0 aliphatic heterocycles. The zero-order valence-electron chi connectivity index (χ0n) is 12.3. The van der Waals surface area contributed by atoms with Crippen LogP contribution in [-0.4, -0.2) is 11.4 Å². The van der Waals surface area contributed by atoms with Gasteiger partial charge in [0.1, 0.15) is 11.6 Å². The van der Waals surface area contributed by atoms with Gasteiger partial charge in [-0.05, 0) is 31.9 Å². The fourth-order valence-corrected chi connectivity index (χ4v) is 3.04. The first-order valence-electron chi connectivity index (χ1n) is 7.43. The maximum absolute atomic E-state index is 13.7. The van der Waals surface area contributed by atoms with Gasteiger partial charge in [-0.15, -0.1) is 0 Å². The molecule has 1 aromatic carbocycles. The van der Waals surface area contributed by atoms with E-state index in [-0.39, 0.29) is 17.9 Å². The van der Waals surface area contributed by atoms with E-state index in [9.17, 15) is 13.6 Å². The summed E-state index contributed by atoms with van der Waals surface area (Å²) in [5.41, 5.74) is 5.64. The second-order valence-electron chi connectivity index (χ2n) is 6.02. The Hall–Kier alpha value is -1.49. The van der Waals surface area contributed by atoms with E-state index in [0.717, 1.165) is 32.1 Å². The molecule has 0 spiro atoms. The molecular formula is C16H22F2N2O.